The lowest BCUT2D eigenvalue weighted by atomic mass is 10.1. The van der Waals surface area contributed by atoms with Gasteiger partial charge in [-0.05, 0) is 37.6 Å². The molecule has 25 heavy (non-hydrogen) atoms. The third-order valence-corrected chi connectivity index (χ3v) is 3.93. The van der Waals surface area contributed by atoms with Gasteiger partial charge in [0.1, 0.15) is 5.69 Å². The molecule has 3 aromatic heterocycles. The summed E-state index contributed by atoms with van der Waals surface area (Å²) < 4.78 is 1.58. The van der Waals surface area contributed by atoms with E-state index in [1.165, 1.54) is 0 Å². The van der Waals surface area contributed by atoms with Crippen LogP contribution in [0.5, 0.6) is 0 Å². The number of amides is 1. The Morgan fingerprint density at radius 1 is 1.36 bits per heavy atom. The predicted molar refractivity (Wildman–Crippen MR) is 94.1 cm³/mol. The second kappa shape index (κ2) is 6.72. The van der Waals surface area contributed by atoms with Crippen LogP contribution in [-0.2, 0) is 13.6 Å². The Bertz CT molecular complexity index is 973. The molecule has 0 atom stereocenters. The number of nitrogens with zero attached hydrogens (tertiary/aromatic N) is 3. The minimum absolute atomic E-state index is 0.154. The van der Waals surface area contributed by atoms with Gasteiger partial charge < -0.3 is 10.3 Å². The fourth-order valence-corrected chi connectivity index (χ4v) is 2.74. The molecule has 0 unspecified atom stereocenters. The molecule has 1 amide bonds. The number of aromatic nitrogens is 4. The quantitative estimate of drug-likeness (QED) is 0.758. The highest BCUT2D eigenvalue weighted by Gasteiger charge is 2.18. The van der Waals surface area contributed by atoms with Gasteiger partial charge in [0.25, 0.3) is 11.5 Å². The lowest BCUT2D eigenvalue weighted by Gasteiger charge is -2.08. The van der Waals surface area contributed by atoms with Gasteiger partial charge in [0.2, 0.25) is 0 Å². The molecule has 0 bridgehead atoms. The molecule has 0 saturated carbocycles. The third kappa shape index (κ3) is 3.50. The van der Waals surface area contributed by atoms with E-state index in [1.54, 1.807) is 36.4 Å². The summed E-state index contributed by atoms with van der Waals surface area (Å²) >= 11 is 0. The number of H-pyrrole nitrogens is 1. The molecule has 3 heterocycles. The highest BCUT2D eigenvalue weighted by Crippen LogP contribution is 2.20. The Balaban J connectivity index is 1.85. The van der Waals surface area contributed by atoms with Crippen molar-refractivity contribution in [2.45, 2.75) is 20.4 Å². The van der Waals surface area contributed by atoms with Crippen LogP contribution in [0.15, 0.2) is 41.6 Å². The smallest absolute Gasteiger partial charge is 0.255 e. The average Bonchev–Trinajstić information content (AvgIpc) is 2.96. The molecule has 0 aromatic carbocycles. The predicted octanol–water partition coefficient (Wildman–Crippen LogP) is 1.72. The van der Waals surface area contributed by atoms with Crippen molar-refractivity contribution >= 4 is 5.91 Å². The van der Waals surface area contributed by atoms with Crippen LogP contribution in [0.1, 0.15) is 27.2 Å². The van der Waals surface area contributed by atoms with E-state index in [1.807, 2.05) is 26.0 Å². The van der Waals surface area contributed by atoms with Crippen molar-refractivity contribution in [1.82, 2.24) is 25.1 Å². The van der Waals surface area contributed by atoms with Crippen LogP contribution in [0, 0.1) is 13.8 Å². The van der Waals surface area contributed by atoms with E-state index in [2.05, 4.69) is 20.4 Å². The van der Waals surface area contributed by atoms with Crippen molar-refractivity contribution in [3.05, 3.63) is 69.5 Å². The lowest BCUT2D eigenvalue weighted by Crippen LogP contribution is -2.28. The molecule has 0 aliphatic rings. The van der Waals surface area contributed by atoms with Crippen LogP contribution in [-0.4, -0.2) is 25.7 Å². The average molecular weight is 337 g/mol. The number of aromatic amines is 1. The zero-order valence-electron chi connectivity index (χ0n) is 14.3. The van der Waals surface area contributed by atoms with E-state index < -0.39 is 0 Å². The minimum Gasteiger partial charge on any atom is -0.348 e. The number of carbonyl (C=O) groups excluding carboxylic acids is 1. The standard InChI is InChI=1S/C18H19N5O2/c1-11-7-12(2)21-18(25)14(11)9-20-17(24)15-10-23(3)22-16(15)13-5-4-6-19-8-13/h4-8,10H,9H2,1-3H3,(H,20,24)(H,21,25). The maximum Gasteiger partial charge on any atom is 0.255 e. The molecule has 0 fully saturated rings. The zero-order valence-corrected chi connectivity index (χ0v) is 14.3. The molecule has 128 valence electrons. The number of aryl methyl sites for hydroxylation is 3. The SMILES string of the molecule is Cc1cc(C)c(CNC(=O)c2cn(C)nc2-c2cccnc2)c(=O)[nH]1. The molecule has 3 aromatic rings. The Morgan fingerprint density at radius 2 is 2.16 bits per heavy atom. The summed E-state index contributed by atoms with van der Waals surface area (Å²) in [6.45, 7) is 3.84. The highest BCUT2D eigenvalue weighted by molar-refractivity contribution is 5.99. The van der Waals surface area contributed by atoms with Crippen LogP contribution >= 0.6 is 0 Å². The van der Waals surface area contributed by atoms with Gasteiger partial charge in [0.15, 0.2) is 0 Å². The summed E-state index contributed by atoms with van der Waals surface area (Å²) in [7, 11) is 1.76. The van der Waals surface area contributed by atoms with Gasteiger partial charge in [-0.25, -0.2) is 0 Å². The number of rotatable bonds is 4. The van der Waals surface area contributed by atoms with Crippen LogP contribution < -0.4 is 10.9 Å². The summed E-state index contributed by atoms with van der Waals surface area (Å²) in [6, 6.07) is 5.52. The maximum atomic E-state index is 12.6. The molecule has 3 rings (SSSR count). The summed E-state index contributed by atoms with van der Waals surface area (Å²) in [4.78, 5) is 31.5. The van der Waals surface area contributed by atoms with Crippen molar-refractivity contribution < 1.29 is 4.79 Å². The summed E-state index contributed by atoms with van der Waals surface area (Å²) in [6.07, 6.45) is 4.98. The van der Waals surface area contributed by atoms with E-state index in [0.29, 0.717) is 16.8 Å². The second-order valence-corrected chi connectivity index (χ2v) is 5.93. The fourth-order valence-electron chi connectivity index (χ4n) is 2.74. The van der Waals surface area contributed by atoms with Gasteiger partial charge in [0, 0.05) is 49.0 Å². The van der Waals surface area contributed by atoms with E-state index in [0.717, 1.165) is 16.8 Å². The molecular weight excluding hydrogens is 318 g/mol. The van der Waals surface area contributed by atoms with E-state index in [9.17, 15) is 9.59 Å². The van der Waals surface area contributed by atoms with Crippen molar-refractivity contribution in [3.8, 4) is 11.3 Å². The molecule has 0 spiro atoms. The molecule has 0 aliphatic heterocycles. The van der Waals surface area contributed by atoms with E-state index >= 15 is 0 Å². The molecule has 2 N–H and O–H groups in total. The first-order chi connectivity index (χ1) is 12.0. The lowest BCUT2D eigenvalue weighted by molar-refractivity contribution is 0.0951. The summed E-state index contributed by atoms with van der Waals surface area (Å²) in [5.74, 6) is -0.286. The normalized spacial score (nSPS) is 10.7. The topological polar surface area (TPSA) is 92.7 Å². The molecular formula is C18H19N5O2. The minimum atomic E-state index is -0.286. The molecule has 0 radical (unpaired) electrons. The van der Waals surface area contributed by atoms with Crippen molar-refractivity contribution in [3.63, 3.8) is 0 Å². The number of carbonyl (C=O) groups is 1. The van der Waals surface area contributed by atoms with Gasteiger partial charge in [-0.2, -0.15) is 5.10 Å². The van der Waals surface area contributed by atoms with Crippen LogP contribution in [0.3, 0.4) is 0 Å². The molecule has 7 nitrogen and oxygen atoms in total. The summed E-state index contributed by atoms with van der Waals surface area (Å²) in [5.41, 5.74) is 3.77. The summed E-state index contributed by atoms with van der Waals surface area (Å²) in [5, 5.41) is 7.16. The van der Waals surface area contributed by atoms with Crippen LogP contribution in [0.25, 0.3) is 11.3 Å². The first kappa shape index (κ1) is 16.6. The highest BCUT2D eigenvalue weighted by atomic mass is 16.2. The molecule has 7 heteroatoms. The zero-order chi connectivity index (χ0) is 18.0. The number of pyridine rings is 2. The van der Waals surface area contributed by atoms with Gasteiger partial charge >= 0.3 is 0 Å². The Labute approximate surface area is 144 Å². The van der Waals surface area contributed by atoms with Crippen molar-refractivity contribution in [2.24, 2.45) is 7.05 Å². The first-order valence-electron chi connectivity index (χ1n) is 7.87. The Hall–Kier alpha value is -3.22. The van der Waals surface area contributed by atoms with Gasteiger partial charge in [-0.15, -0.1) is 0 Å². The van der Waals surface area contributed by atoms with Gasteiger partial charge in [0.05, 0.1) is 5.56 Å². The second-order valence-electron chi connectivity index (χ2n) is 5.93. The number of hydrogen-bond donors (Lipinski definition) is 2. The number of nitrogens with one attached hydrogen (secondary N) is 2. The molecule has 0 aliphatic carbocycles. The van der Waals surface area contributed by atoms with Crippen molar-refractivity contribution in [2.75, 3.05) is 0 Å². The first-order valence-corrected chi connectivity index (χ1v) is 7.87. The molecule has 0 saturated heterocycles. The van der Waals surface area contributed by atoms with E-state index in [4.69, 9.17) is 0 Å². The van der Waals surface area contributed by atoms with Crippen LogP contribution in [0.4, 0.5) is 0 Å². The third-order valence-electron chi connectivity index (χ3n) is 3.93. The Kier molecular flexibility index (Phi) is 4.47. The van der Waals surface area contributed by atoms with Crippen molar-refractivity contribution in [1.29, 1.82) is 0 Å². The van der Waals surface area contributed by atoms with Crippen LogP contribution in [0.2, 0.25) is 0 Å². The monoisotopic (exact) mass is 337 g/mol. The van der Waals surface area contributed by atoms with Gasteiger partial charge in [-0.3, -0.25) is 19.3 Å². The fraction of sp³-hybridized carbons (Fsp3) is 0.222. The van der Waals surface area contributed by atoms with Gasteiger partial charge in [-0.1, -0.05) is 0 Å². The number of hydrogen-bond acceptors (Lipinski definition) is 4. The maximum absolute atomic E-state index is 12.6. The Morgan fingerprint density at radius 3 is 2.84 bits per heavy atom. The van der Waals surface area contributed by atoms with E-state index in [-0.39, 0.29) is 18.0 Å². The largest absolute Gasteiger partial charge is 0.348 e.